The molecule has 0 spiro atoms. The number of alkyl halides is 3. The Labute approximate surface area is 186 Å². The zero-order valence-corrected chi connectivity index (χ0v) is 18.8. The smallest absolute Gasteiger partial charge is 0.358 e. The third kappa shape index (κ3) is 6.04. The van der Waals surface area contributed by atoms with Crippen LogP contribution in [0, 0.1) is 23.6 Å². The van der Waals surface area contributed by atoms with Crippen LogP contribution in [0.4, 0.5) is 13.2 Å². The third-order valence-corrected chi connectivity index (χ3v) is 4.51. The normalized spacial score (nSPS) is 10.8. The fraction of sp³-hybridized carbons (Fsp3) is 0.227. The van der Waals surface area contributed by atoms with E-state index >= 15 is 0 Å². The fourth-order valence-corrected chi connectivity index (χ4v) is 2.85. The molecule has 0 aliphatic heterocycles. The second kappa shape index (κ2) is 10.4. The lowest BCUT2D eigenvalue weighted by atomic mass is 10.1. The van der Waals surface area contributed by atoms with E-state index in [4.69, 9.17) is 15.6 Å². The summed E-state index contributed by atoms with van der Waals surface area (Å²) in [4.78, 5) is 0.403. The van der Waals surface area contributed by atoms with Crippen LogP contribution in [-0.4, -0.2) is 20.2 Å². The average Bonchev–Trinajstić information content (AvgIpc) is 2.75. The molecule has 0 aliphatic carbocycles. The first-order chi connectivity index (χ1) is 14.7. The first-order valence-electron chi connectivity index (χ1n) is 9.43. The van der Waals surface area contributed by atoms with Crippen molar-refractivity contribution >= 4 is 21.8 Å². The number of rotatable bonds is 5. The molecule has 0 aliphatic rings. The Morgan fingerprint density at radius 1 is 1.19 bits per heavy atom. The van der Waals surface area contributed by atoms with Crippen LogP contribution in [0.3, 0.4) is 0 Å². The Kier molecular flexibility index (Phi) is 8.15. The van der Waals surface area contributed by atoms with Crippen LogP contribution in [0.2, 0.25) is 0 Å². The number of hydrogen-bond donors (Lipinski definition) is 2. The van der Waals surface area contributed by atoms with Crippen LogP contribution in [-0.2, 0) is 6.61 Å². The largest absolute Gasteiger partial charge is 0.486 e. The Morgan fingerprint density at radius 3 is 2.45 bits per heavy atom. The van der Waals surface area contributed by atoms with Crippen molar-refractivity contribution in [3.63, 3.8) is 0 Å². The number of benzene rings is 2. The summed E-state index contributed by atoms with van der Waals surface area (Å²) < 4.78 is 47.7. The lowest BCUT2D eigenvalue weighted by molar-refractivity contribution is 0.187. The molecule has 0 unspecified atom stereocenters. The summed E-state index contributed by atoms with van der Waals surface area (Å²) in [5.41, 5.74) is 1.57. The molecule has 0 saturated carbocycles. The van der Waals surface area contributed by atoms with Crippen LogP contribution in [0.25, 0.3) is 11.3 Å². The lowest BCUT2D eigenvalue weighted by Gasteiger charge is -2.15. The van der Waals surface area contributed by atoms with Crippen molar-refractivity contribution in [2.75, 3.05) is 0 Å². The van der Waals surface area contributed by atoms with E-state index in [9.17, 15) is 13.2 Å². The summed E-state index contributed by atoms with van der Waals surface area (Å²) in [7, 11) is 0. The number of aromatic nitrogens is 2. The molecule has 3 aromatic rings. The Hall–Kier alpha value is -2.94. The second-order valence-electron chi connectivity index (χ2n) is 6.25. The van der Waals surface area contributed by atoms with Gasteiger partial charge in [-0.1, -0.05) is 44.2 Å². The number of nitrogens with zero attached hydrogens (tertiary/aromatic N) is 2. The van der Waals surface area contributed by atoms with E-state index in [1.165, 1.54) is 12.1 Å². The highest BCUT2D eigenvalue weighted by atomic mass is 79.9. The molecule has 5 nitrogen and oxygen atoms in total. The number of ether oxygens (including phenoxy) is 1. The Bertz CT molecular complexity index is 1110. The summed E-state index contributed by atoms with van der Waals surface area (Å²) in [6.07, 6.45) is 2.13. The third-order valence-electron chi connectivity index (χ3n) is 4.14. The van der Waals surface area contributed by atoms with Crippen molar-refractivity contribution < 1.29 is 17.9 Å². The van der Waals surface area contributed by atoms with Gasteiger partial charge in [-0.3, -0.25) is 20.4 Å². The number of aryl methyl sites for hydroxylation is 1. The maximum absolute atomic E-state index is 14.6. The fourth-order valence-electron chi connectivity index (χ4n) is 2.66. The minimum atomic E-state index is -3.62. The highest BCUT2D eigenvalue weighted by molar-refractivity contribution is 9.10. The van der Waals surface area contributed by atoms with Gasteiger partial charge in [0.2, 0.25) is 0 Å². The van der Waals surface area contributed by atoms with Crippen molar-refractivity contribution in [1.82, 2.24) is 9.55 Å². The first-order valence-corrected chi connectivity index (χ1v) is 10.2. The summed E-state index contributed by atoms with van der Waals surface area (Å²) >= 11 is 2.11. The van der Waals surface area contributed by atoms with Gasteiger partial charge in [0, 0.05) is 11.8 Å². The molecule has 0 bridgehead atoms. The van der Waals surface area contributed by atoms with Crippen molar-refractivity contribution in [1.29, 1.82) is 10.8 Å². The van der Waals surface area contributed by atoms with E-state index in [1.54, 1.807) is 6.92 Å². The van der Waals surface area contributed by atoms with Crippen LogP contribution in [0.1, 0.15) is 25.0 Å². The van der Waals surface area contributed by atoms with Gasteiger partial charge in [0.05, 0.1) is 11.9 Å². The maximum atomic E-state index is 14.6. The minimum Gasteiger partial charge on any atom is -0.486 e. The quantitative estimate of drug-likeness (QED) is 0.263. The van der Waals surface area contributed by atoms with Crippen LogP contribution < -0.4 is 10.2 Å². The zero-order chi connectivity index (χ0) is 23.2. The molecule has 0 radical (unpaired) electrons. The molecule has 0 fully saturated rings. The highest BCUT2D eigenvalue weighted by Gasteiger charge is 2.32. The molecule has 3 rings (SSSR count). The van der Waals surface area contributed by atoms with Gasteiger partial charge in [-0.15, -0.1) is 0 Å². The van der Waals surface area contributed by atoms with Crippen molar-refractivity contribution in [2.45, 2.75) is 32.2 Å². The molecule has 0 amide bonds. The molecule has 164 valence electrons. The molecule has 9 heteroatoms. The van der Waals surface area contributed by atoms with E-state index < -0.39 is 22.0 Å². The van der Waals surface area contributed by atoms with Gasteiger partial charge in [-0.05, 0) is 46.1 Å². The van der Waals surface area contributed by atoms with Gasteiger partial charge in [-0.25, -0.2) is 4.39 Å². The lowest BCUT2D eigenvalue weighted by Crippen LogP contribution is -2.35. The van der Waals surface area contributed by atoms with Gasteiger partial charge in [0.1, 0.15) is 12.1 Å². The first kappa shape index (κ1) is 24.3. The van der Waals surface area contributed by atoms with Gasteiger partial charge in [0.25, 0.3) is 0 Å². The van der Waals surface area contributed by atoms with Crippen molar-refractivity contribution in [3.8, 4) is 17.0 Å². The molecule has 2 N–H and O–H groups in total. The average molecular weight is 495 g/mol. The maximum Gasteiger partial charge on any atom is 0.358 e. The number of halogens is 4. The summed E-state index contributed by atoms with van der Waals surface area (Å²) in [5.74, 6) is -1.72. The predicted octanol–water partition coefficient (Wildman–Crippen LogP) is 5.90. The van der Waals surface area contributed by atoms with E-state index in [0.717, 1.165) is 18.0 Å². The topological polar surface area (TPSA) is 74.8 Å². The van der Waals surface area contributed by atoms with E-state index in [-0.39, 0.29) is 18.1 Å². The van der Waals surface area contributed by atoms with Crippen molar-refractivity contribution in [2.24, 2.45) is 0 Å². The molecular formula is C22H22BrF3N4O. The standard InChI is InChI=1S/C20H16BrF3N4O.C2H6/c1-12-7-17(29-11-13-5-3-2-4-6-13)15(22)8-14(12)16-10-28(18(25)9-27-16)19(26)20(21,23)24;1-2/h2-10,25-26H,11H2,1H3;1-2H3. The number of nitrogens with one attached hydrogen (secondary N) is 2. The van der Waals surface area contributed by atoms with Crippen molar-refractivity contribution in [3.05, 3.63) is 77.3 Å². The molecule has 2 aromatic carbocycles. The van der Waals surface area contributed by atoms with E-state index in [0.29, 0.717) is 15.7 Å². The zero-order valence-electron chi connectivity index (χ0n) is 17.2. The second-order valence-corrected chi connectivity index (χ2v) is 7.24. The molecule has 1 heterocycles. The van der Waals surface area contributed by atoms with Crippen LogP contribution >= 0.6 is 15.9 Å². The van der Waals surface area contributed by atoms with Gasteiger partial charge < -0.3 is 4.74 Å². The predicted molar refractivity (Wildman–Crippen MR) is 117 cm³/mol. The van der Waals surface area contributed by atoms with Crippen LogP contribution in [0.5, 0.6) is 5.75 Å². The molecular weight excluding hydrogens is 473 g/mol. The van der Waals surface area contributed by atoms with Gasteiger partial charge in [0.15, 0.2) is 17.4 Å². The Balaban J connectivity index is 0.00000166. The Morgan fingerprint density at radius 2 is 1.84 bits per heavy atom. The summed E-state index contributed by atoms with van der Waals surface area (Å²) in [6.45, 7) is 5.90. The molecule has 31 heavy (non-hydrogen) atoms. The SMILES string of the molecule is CC.Cc1cc(OCc2ccccc2)c(F)cc1-c1cn(C(=N)C(F)(F)Br)c(=N)cn1. The molecule has 0 atom stereocenters. The highest BCUT2D eigenvalue weighted by Crippen LogP contribution is 2.29. The summed E-state index contributed by atoms with van der Waals surface area (Å²) in [6, 6.07) is 12.0. The monoisotopic (exact) mass is 494 g/mol. The molecule has 1 aromatic heterocycles. The van der Waals surface area contributed by atoms with E-state index in [1.807, 2.05) is 44.2 Å². The molecule has 0 saturated heterocycles. The number of hydrogen-bond acceptors (Lipinski definition) is 4. The summed E-state index contributed by atoms with van der Waals surface area (Å²) in [5, 5.41) is 15.3. The van der Waals surface area contributed by atoms with Gasteiger partial charge >= 0.3 is 4.83 Å². The van der Waals surface area contributed by atoms with Gasteiger partial charge in [-0.2, -0.15) is 8.78 Å². The van der Waals surface area contributed by atoms with Crippen LogP contribution in [0.15, 0.2) is 54.9 Å². The van der Waals surface area contributed by atoms with E-state index in [2.05, 4.69) is 20.9 Å². The minimum absolute atomic E-state index is 0.0554.